The van der Waals surface area contributed by atoms with Crippen molar-refractivity contribution in [1.29, 1.82) is 0 Å². The second-order valence-electron chi connectivity index (χ2n) is 24.9. The molecule has 0 bridgehead atoms. The van der Waals surface area contributed by atoms with Gasteiger partial charge in [0.15, 0.2) is 6.10 Å². The summed E-state index contributed by atoms with van der Waals surface area (Å²) >= 11 is 0. The molecule has 0 saturated carbocycles. The molecule has 0 amide bonds. The van der Waals surface area contributed by atoms with E-state index in [1.165, 1.54) is 295 Å². The van der Waals surface area contributed by atoms with E-state index >= 15 is 0 Å². The largest absolute Gasteiger partial charge is 0.477 e. The van der Waals surface area contributed by atoms with Crippen molar-refractivity contribution >= 4 is 17.9 Å². The smallest absolute Gasteiger partial charge is 0.361 e. The summed E-state index contributed by atoms with van der Waals surface area (Å²) in [6.45, 7) is 4.97. The molecule has 0 saturated heterocycles. The van der Waals surface area contributed by atoms with Crippen LogP contribution < -0.4 is 0 Å². The Labute approximate surface area is 479 Å². The molecule has 0 aliphatic rings. The lowest BCUT2D eigenvalue weighted by atomic mass is 10.0. The fourth-order valence-electron chi connectivity index (χ4n) is 10.6. The van der Waals surface area contributed by atoms with Crippen LogP contribution in [0.25, 0.3) is 0 Å². The second-order valence-corrected chi connectivity index (χ2v) is 24.9. The van der Waals surface area contributed by atoms with E-state index in [-0.39, 0.29) is 38.2 Å². The molecule has 77 heavy (non-hydrogen) atoms. The van der Waals surface area contributed by atoms with Gasteiger partial charge in [0.05, 0.1) is 34.4 Å². The molecule has 0 aliphatic heterocycles. The lowest BCUT2D eigenvalue weighted by Crippen LogP contribution is -2.40. The van der Waals surface area contributed by atoms with Crippen molar-refractivity contribution in [3.63, 3.8) is 0 Å². The maximum absolute atomic E-state index is 12.9. The molecule has 0 heterocycles. The number of carboxylic acid groups (broad SMARTS) is 1. The summed E-state index contributed by atoms with van der Waals surface area (Å²) in [5.41, 5.74) is 0. The zero-order valence-corrected chi connectivity index (χ0v) is 52.4. The number of ether oxygens (including phenoxy) is 4. The normalized spacial score (nSPS) is 12.6. The van der Waals surface area contributed by atoms with Crippen molar-refractivity contribution in [2.24, 2.45) is 0 Å². The summed E-state index contributed by atoms with van der Waals surface area (Å²) in [6.07, 6.45) is 67.9. The number of nitrogens with zero attached hydrogens (tertiary/aromatic N) is 1. The number of aliphatic carboxylic acids is 1. The van der Waals surface area contributed by atoms with Gasteiger partial charge in [-0.1, -0.05) is 335 Å². The highest BCUT2D eigenvalue weighted by molar-refractivity contribution is 5.71. The third-order valence-electron chi connectivity index (χ3n) is 15.9. The third-order valence-corrected chi connectivity index (χ3v) is 15.9. The Balaban J connectivity index is 4.06. The Morgan fingerprint density at radius 1 is 0.338 bits per heavy atom. The first-order valence-electron chi connectivity index (χ1n) is 34.2. The number of carboxylic acids is 1. The van der Waals surface area contributed by atoms with E-state index in [4.69, 9.17) is 18.9 Å². The average Bonchev–Trinajstić information content (AvgIpc) is 3.40. The van der Waals surface area contributed by atoms with Crippen molar-refractivity contribution in [3.05, 3.63) is 0 Å². The summed E-state index contributed by atoms with van der Waals surface area (Å²) in [5, 5.41) is 9.74. The molecular formula is C68H134NO8+. The maximum Gasteiger partial charge on any atom is 0.361 e. The first-order valence-corrected chi connectivity index (χ1v) is 34.2. The number of quaternary nitrogens is 1. The Hall–Kier alpha value is -1.71. The predicted molar refractivity (Wildman–Crippen MR) is 328 cm³/mol. The minimum Gasteiger partial charge on any atom is -0.477 e. The van der Waals surface area contributed by atoms with Crippen LogP contribution in [-0.2, 0) is 33.3 Å². The molecule has 0 aromatic heterocycles. The van der Waals surface area contributed by atoms with Gasteiger partial charge in [-0.05, 0) is 12.8 Å². The van der Waals surface area contributed by atoms with Gasteiger partial charge in [0.25, 0.3) is 6.29 Å². The maximum atomic E-state index is 12.9. The van der Waals surface area contributed by atoms with Crippen molar-refractivity contribution < 1.29 is 42.9 Å². The first-order chi connectivity index (χ1) is 37.6. The fraction of sp³-hybridized carbons (Fsp3) is 0.956. The third kappa shape index (κ3) is 61.8. The van der Waals surface area contributed by atoms with E-state index in [2.05, 4.69) is 13.8 Å². The summed E-state index contributed by atoms with van der Waals surface area (Å²) in [7, 11) is 5.99. The van der Waals surface area contributed by atoms with Crippen LogP contribution in [-0.4, -0.2) is 87.4 Å². The van der Waals surface area contributed by atoms with E-state index in [1.807, 2.05) is 21.1 Å². The topological polar surface area (TPSA) is 108 Å². The van der Waals surface area contributed by atoms with Crippen molar-refractivity contribution in [2.45, 2.75) is 373 Å². The van der Waals surface area contributed by atoms with E-state index in [0.29, 0.717) is 17.4 Å². The molecule has 2 atom stereocenters. The Bertz CT molecular complexity index is 1220. The molecule has 0 spiro atoms. The van der Waals surface area contributed by atoms with Crippen LogP contribution in [0.15, 0.2) is 0 Å². The van der Waals surface area contributed by atoms with Gasteiger partial charge in [0.1, 0.15) is 13.2 Å². The second kappa shape index (κ2) is 60.4. The minimum absolute atomic E-state index is 0.172. The number of rotatable bonds is 65. The number of hydrogen-bond acceptors (Lipinski definition) is 7. The molecule has 0 aromatic carbocycles. The number of unbranched alkanes of at least 4 members (excludes halogenated alkanes) is 50. The number of esters is 2. The van der Waals surface area contributed by atoms with Crippen molar-refractivity contribution in [2.75, 3.05) is 47.5 Å². The summed E-state index contributed by atoms with van der Waals surface area (Å²) in [6, 6.07) is 0. The molecule has 1 N–H and O–H groups in total. The summed E-state index contributed by atoms with van der Waals surface area (Å²) < 4.78 is 23.0. The molecule has 0 radical (unpaired) electrons. The average molecular weight is 1090 g/mol. The number of hydrogen-bond donors (Lipinski definition) is 1. The van der Waals surface area contributed by atoms with Crippen molar-refractivity contribution in [1.82, 2.24) is 0 Å². The van der Waals surface area contributed by atoms with Gasteiger partial charge < -0.3 is 28.5 Å². The van der Waals surface area contributed by atoms with E-state index < -0.39 is 18.4 Å². The predicted octanol–water partition coefficient (Wildman–Crippen LogP) is 20.7. The quantitative estimate of drug-likeness (QED) is 0.0278. The van der Waals surface area contributed by atoms with Crippen LogP contribution in [0.1, 0.15) is 361 Å². The molecule has 9 nitrogen and oxygen atoms in total. The lowest BCUT2D eigenvalue weighted by Gasteiger charge is -2.25. The van der Waals surface area contributed by atoms with Crippen LogP contribution in [0, 0.1) is 0 Å². The number of likely N-dealkylation sites (N-methyl/N-ethyl adjacent to an activating group) is 1. The highest BCUT2D eigenvalue weighted by Crippen LogP contribution is 2.19. The first kappa shape index (κ1) is 75.3. The van der Waals surface area contributed by atoms with Gasteiger partial charge in [-0.2, -0.15) is 0 Å². The highest BCUT2D eigenvalue weighted by Gasteiger charge is 2.25. The van der Waals surface area contributed by atoms with Crippen LogP contribution in [0.2, 0.25) is 0 Å². The summed E-state index contributed by atoms with van der Waals surface area (Å²) in [4.78, 5) is 37.6. The lowest BCUT2D eigenvalue weighted by molar-refractivity contribution is -0.870. The van der Waals surface area contributed by atoms with Crippen molar-refractivity contribution in [3.8, 4) is 0 Å². The Morgan fingerprint density at radius 3 is 0.831 bits per heavy atom. The monoisotopic (exact) mass is 1090 g/mol. The van der Waals surface area contributed by atoms with E-state index in [9.17, 15) is 19.5 Å². The Kier molecular flexibility index (Phi) is 59.0. The standard InChI is InChI=1S/C68H133NO8/c1-6-8-10-12-14-16-18-20-22-24-26-28-30-32-33-34-35-37-39-41-43-45-47-49-51-53-55-57-59-66(71)77-64(63-76-68(67(72)73)74-61-60-69(3,4)5)62-75-65(70)58-56-54-52-50-48-46-44-42-40-38-36-31-29-27-25-23-21-19-17-15-13-11-9-7-2/h64,68H,6-63H2,1-5H3/p+1. The van der Waals surface area contributed by atoms with Crippen LogP contribution in [0.4, 0.5) is 0 Å². The van der Waals surface area contributed by atoms with Gasteiger partial charge in [-0.15, -0.1) is 0 Å². The van der Waals surface area contributed by atoms with Gasteiger partial charge in [-0.3, -0.25) is 9.59 Å². The van der Waals surface area contributed by atoms with E-state index in [0.717, 1.165) is 38.5 Å². The Morgan fingerprint density at radius 2 is 0.584 bits per heavy atom. The molecule has 0 rings (SSSR count). The minimum atomic E-state index is -1.50. The molecule has 2 unspecified atom stereocenters. The van der Waals surface area contributed by atoms with Crippen LogP contribution >= 0.6 is 0 Å². The molecular weight excluding hydrogens is 959 g/mol. The van der Waals surface area contributed by atoms with Gasteiger partial charge in [-0.25, -0.2) is 4.79 Å². The van der Waals surface area contributed by atoms with Gasteiger partial charge in [0.2, 0.25) is 0 Å². The van der Waals surface area contributed by atoms with Gasteiger partial charge in [0, 0.05) is 12.8 Å². The molecule has 0 aliphatic carbocycles. The van der Waals surface area contributed by atoms with Crippen LogP contribution in [0.5, 0.6) is 0 Å². The van der Waals surface area contributed by atoms with E-state index in [1.54, 1.807) is 0 Å². The molecule has 458 valence electrons. The molecule has 9 heteroatoms. The zero-order chi connectivity index (χ0) is 56.2. The molecule has 0 aromatic rings. The number of carbonyl (C=O) groups is 3. The highest BCUT2D eigenvalue weighted by atomic mass is 16.7. The van der Waals surface area contributed by atoms with Crippen LogP contribution in [0.3, 0.4) is 0 Å². The SMILES string of the molecule is CCCCCCCCCCCCCCCCCCCCCCCCCCCCCCC(=O)OC(COC(=O)CCCCCCCCCCCCCCCCCCCCCCCCCC)COC(OCC[N+](C)(C)C)C(=O)O. The molecule has 0 fully saturated rings. The summed E-state index contributed by atoms with van der Waals surface area (Å²) in [5.74, 6) is -1.97. The van der Waals surface area contributed by atoms with Gasteiger partial charge >= 0.3 is 17.9 Å². The zero-order valence-electron chi connectivity index (χ0n) is 52.4. The number of carbonyl (C=O) groups excluding carboxylic acids is 2. The fourth-order valence-corrected chi connectivity index (χ4v) is 10.6.